The Labute approximate surface area is 197 Å². The standard InChI is InChI=1S/C23H25N5O5S/c1-16-6-8-19(9-7-16)34(31,32)27-21-22(33-15-17-4-2-10-24-12-17)26-20(13-25-21)23(30)28-11-3-5-18(28)14-29/h2,4,6-10,12-13,18,29H,3,5,11,14-15H2,1H3,(H,25,27)/t18-/m1/s1. The molecule has 0 unspecified atom stereocenters. The quantitative estimate of drug-likeness (QED) is 0.498. The molecule has 1 aliphatic rings. The van der Waals surface area contributed by atoms with Crippen LogP contribution in [-0.2, 0) is 16.6 Å². The van der Waals surface area contributed by atoms with Gasteiger partial charge in [-0.15, -0.1) is 0 Å². The summed E-state index contributed by atoms with van der Waals surface area (Å²) in [5.41, 5.74) is 1.65. The number of carbonyl (C=O) groups excluding carboxylic acids is 1. The highest BCUT2D eigenvalue weighted by molar-refractivity contribution is 7.92. The van der Waals surface area contributed by atoms with Gasteiger partial charge in [-0.2, -0.15) is 0 Å². The predicted molar refractivity (Wildman–Crippen MR) is 124 cm³/mol. The van der Waals surface area contributed by atoms with Crippen LogP contribution in [0.2, 0.25) is 0 Å². The number of hydrogen-bond acceptors (Lipinski definition) is 8. The lowest BCUT2D eigenvalue weighted by molar-refractivity contribution is 0.0670. The SMILES string of the molecule is Cc1ccc(S(=O)(=O)Nc2ncc(C(=O)N3CCC[C@@H]3CO)nc2OCc2cccnc2)cc1. The van der Waals surface area contributed by atoms with E-state index in [9.17, 15) is 18.3 Å². The van der Waals surface area contributed by atoms with Gasteiger partial charge in [0.05, 0.1) is 23.7 Å². The summed E-state index contributed by atoms with van der Waals surface area (Å²) in [5, 5.41) is 9.56. The normalized spacial score (nSPS) is 15.8. The molecule has 0 spiro atoms. The molecule has 3 aromatic rings. The number of hydrogen-bond donors (Lipinski definition) is 2. The fourth-order valence-corrected chi connectivity index (χ4v) is 4.63. The van der Waals surface area contributed by atoms with Crippen LogP contribution in [0.5, 0.6) is 5.88 Å². The number of amides is 1. The first-order valence-corrected chi connectivity index (χ1v) is 12.3. The zero-order valence-electron chi connectivity index (χ0n) is 18.6. The van der Waals surface area contributed by atoms with E-state index in [-0.39, 0.29) is 41.5 Å². The predicted octanol–water partition coefficient (Wildman–Crippen LogP) is 2.16. The zero-order valence-corrected chi connectivity index (χ0v) is 19.4. The topological polar surface area (TPSA) is 135 Å². The third kappa shape index (κ3) is 5.32. The van der Waals surface area contributed by atoms with Crippen molar-refractivity contribution in [2.45, 2.75) is 37.3 Å². The van der Waals surface area contributed by atoms with Gasteiger partial charge in [-0.1, -0.05) is 23.8 Å². The number of aryl methyl sites for hydroxylation is 1. The van der Waals surface area contributed by atoms with Crippen molar-refractivity contribution in [2.75, 3.05) is 17.9 Å². The summed E-state index contributed by atoms with van der Waals surface area (Å²) >= 11 is 0. The summed E-state index contributed by atoms with van der Waals surface area (Å²) in [4.78, 5) is 27.1. The molecule has 0 radical (unpaired) electrons. The van der Waals surface area contributed by atoms with Gasteiger partial charge in [0.2, 0.25) is 5.82 Å². The average molecular weight is 484 g/mol. The number of nitrogens with zero attached hydrogens (tertiary/aromatic N) is 4. The van der Waals surface area contributed by atoms with Gasteiger partial charge in [0.15, 0.2) is 5.69 Å². The monoisotopic (exact) mass is 483 g/mol. The number of aromatic nitrogens is 3. The van der Waals surface area contributed by atoms with E-state index in [1.807, 2.05) is 6.92 Å². The van der Waals surface area contributed by atoms with Crippen LogP contribution in [0.1, 0.15) is 34.5 Å². The average Bonchev–Trinajstić information content (AvgIpc) is 3.33. The number of sulfonamides is 1. The van der Waals surface area contributed by atoms with Crippen molar-refractivity contribution in [3.63, 3.8) is 0 Å². The molecule has 2 N–H and O–H groups in total. The van der Waals surface area contributed by atoms with E-state index in [0.717, 1.165) is 17.5 Å². The third-order valence-corrected chi connectivity index (χ3v) is 6.82. The molecule has 4 rings (SSSR count). The molecule has 0 saturated carbocycles. The molecule has 178 valence electrons. The molecule has 1 saturated heterocycles. The summed E-state index contributed by atoms with van der Waals surface area (Å²) in [6, 6.07) is 9.61. The Hall–Kier alpha value is -3.57. The van der Waals surface area contributed by atoms with Gasteiger partial charge in [0, 0.05) is 24.5 Å². The minimum Gasteiger partial charge on any atom is -0.470 e. The molecule has 3 heterocycles. The number of carbonyl (C=O) groups is 1. The number of anilines is 1. The molecular weight excluding hydrogens is 458 g/mol. The molecule has 1 aliphatic heterocycles. The zero-order chi connectivity index (χ0) is 24.1. The van der Waals surface area contributed by atoms with Crippen LogP contribution in [0.3, 0.4) is 0 Å². The van der Waals surface area contributed by atoms with E-state index < -0.39 is 15.9 Å². The van der Waals surface area contributed by atoms with E-state index in [1.54, 1.807) is 41.6 Å². The van der Waals surface area contributed by atoms with E-state index in [1.165, 1.54) is 18.3 Å². The van der Waals surface area contributed by atoms with E-state index >= 15 is 0 Å². The molecule has 2 aromatic heterocycles. The number of likely N-dealkylation sites (tertiary alicyclic amines) is 1. The van der Waals surface area contributed by atoms with Crippen LogP contribution in [0.25, 0.3) is 0 Å². The number of rotatable bonds is 8. The fraction of sp³-hybridized carbons (Fsp3) is 0.304. The molecule has 11 heteroatoms. The first-order valence-electron chi connectivity index (χ1n) is 10.8. The van der Waals surface area contributed by atoms with Crippen LogP contribution in [0, 0.1) is 6.92 Å². The molecular formula is C23H25N5O5S. The lowest BCUT2D eigenvalue weighted by Gasteiger charge is -2.22. The Morgan fingerprint density at radius 3 is 2.74 bits per heavy atom. The second kappa shape index (κ2) is 10.1. The highest BCUT2D eigenvalue weighted by atomic mass is 32.2. The van der Waals surface area contributed by atoms with E-state index in [4.69, 9.17) is 4.74 Å². The first kappa shape index (κ1) is 23.6. The van der Waals surface area contributed by atoms with E-state index in [2.05, 4.69) is 19.7 Å². The largest absolute Gasteiger partial charge is 0.470 e. The summed E-state index contributed by atoms with van der Waals surface area (Å²) in [6.07, 6.45) is 5.92. The highest BCUT2D eigenvalue weighted by Gasteiger charge is 2.30. The molecule has 1 atom stereocenters. The third-order valence-electron chi connectivity index (χ3n) is 5.47. The van der Waals surface area contributed by atoms with Gasteiger partial charge in [0.1, 0.15) is 6.61 Å². The van der Waals surface area contributed by atoms with Crippen LogP contribution >= 0.6 is 0 Å². The maximum atomic E-state index is 13.0. The van der Waals surface area contributed by atoms with Crippen molar-refractivity contribution in [1.29, 1.82) is 0 Å². The van der Waals surface area contributed by atoms with Crippen LogP contribution in [0.15, 0.2) is 59.9 Å². The summed E-state index contributed by atoms with van der Waals surface area (Å²) < 4.78 is 34.0. The number of aliphatic hydroxyl groups is 1. The van der Waals surface area contributed by atoms with Crippen molar-refractivity contribution in [3.05, 3.63) is 71.8 Å². The number of benzene rings is 1. The molecule has 1 fully saturated rings. The Morgan fingerprint density at radius 1 is 1.24 bits per heavy atom. The number of nitrogens with one attached hydrogen (secondary N) is 1. The van der Waals surface area contributed by atoms with Crippen LogP contribution < -0.4 is 9.46 Å². The van der Waals surface area contributed by atoms with E-state index in [0.29, 0.717) is 13.0 Å². The summed E-state index contributed by atoms with van der Waals surface area (Å²) in [5.74, 6) is -0.672. The first-order chi connectivity index (χ1) is 16.4. The van der Waals surface area contributed by atoms with Gasteiger partial charge in [0.25, 0.3) is 21.8 Å². The van der Waals surface area contributed by atoms with Crippen molar-refractivity contribution in [3.8, 4) is 5.88 Å². The minimum atomic E-state index is -3.97. The van der Waals surface area contributed by atoms with Crippen LogP contribution in [0.4, 0.5) is 5.82 Å². The van der Waals surface area contributed by atoms with Crippen molar-refractivity contribution in [2.24, 2.45) is 0 Å². The summed E-state index contributed by atoms with van der Waals surface area (Å²) in [6.45, 7) is 2.26. The molecule has 0 aliphatic carbocycles. The Morgan fingerprint density at radius 2 is 2.03 bits per heavy atom. The van der Waals surface area contributed by atoms with Crippen molar-refractivity contribution in [1.82, 2.24) is 19.9 Å². The van der Waals surface area contributed by atoms with Gasteiger partial charge in [-0.25, -0.2) is 18.4 Å². The molecule has 1 amide bonds. The number of aliphatic hydroxyl groups excluding tert-OH is 1. The van der Waals surface area contributed by atoms with Gasteiger partial charge < -0.3 is 14.7 Å². The fourth-order valence-electron chi connectivity index (χ4n) is 3.62. The Bertz CT molecular complexity index is 1250. The Kier molecular flexibility index (Phi) is 7.03. The van der Waals surface area contributed by atoms with Crippen molar-refractivity contribution >= 4 is 21.7 Å². The minimum absolute atomic E-state index is 0.000166. The molecule has 0 bridgehead atoms. The maximum absolute atomic E-state index is 13.0. The number of ether oxygens (including phenoxy) is 1. The second-order valence-electron chi connectivity index (χ2n) is 7.95. The molecule has 34 heavy (non-hydrogen) atoms. The maximum Gasteiger partial charge on any atom is 0.274 e. The smallest absolute Gasteiger partial charge is 0.274 e. The molecule has 1 aromatic carbocycles. The lowest BCUT2D eigenvalue weighted by Crippen LogP contribution is -2.38. The van der Waals surface area contributed by atoms with Gasteiger partial charge >= 0.3 is 0 Å². The van der Waals surface area contributed by atoms with Gasteiger partial charge in [-0.3, -0.25) is 14.5 Å². The van der Waals surface area contributed by atoms with Crippen molar-refractivity contribution < 1.29 is 23.1 Å². The Balaban J connectivity index is 1.64. The van der Waals surface area contributed by atoms with Crippen LogP contribution in [-0.4, -0.2) is 58.5 Å². The number of pyridine rings is 1. The second-order valence-corrected chi connectivity index (χ2v) is 9.64. The highest BCUT2D eigenvalue weighted by Crippen LogP contribution is 2.26. The molecule has 10 nitrogen and oxygen atoms in total. The summed E-state index contributed by atoms with van der Waals surface area (Å²) in [7, 11) is -3.97. The van der Waals surface area contributed by atoms with Gasteiger partial charge in [-0.05, 0) is 38.0 Å². The lowest BCUT2D eigenvalue weighted by atomic mass is 10.2.